The summed E-state index contributed by atoms with van der Waals surface area (Å²) in [6.45, 7) is 6.56. The fourth-order valence-electron chi connectivity index (χ4n) is 5.23. The number of rotatable bonds is 3. The Morgan fingerprint density at radius 2 is 1.71 bits per heavy atom. The van der Waals surface area contributed by atoms with Gasteiger partial charge in [0, 0.05) is 24.5 Å². The Morgan fingerprint density at radius 3 is 2.42 bits per heavy atom. The van der Waals surface area contributed by atoms with Crippen LogP contribution in [-0.2, 0) is 4.74 Å². The number of hydrogen-bond acceptors (Lipinski definition) is 3. The molecule has 3 rings (SSSR count). The molecule has 1 heterocycles. The van der Waals surface area contributed by atoms with Crippen LogP contribution in [0.1, 0.15) is 65.2 Å². The summed E-state index contributed by atoms with van der Waals surface area (Å²) in [6.07, 6.45) is 15.8. The molecule has 3 aliphatic rings. The number of fused-ring (bicyclic) bond motifs is 1. The molecular weight excluding hydrogens is 296 g/mol. The lowest BCUT2D eigenvalue weighted by Crippen LogP contribution is -2.46. The first-order chi connectivity index (χ1) is 11.5. The first-order valence-electron chi connectivity index (χ1n) is 10.2. The molecule has 3 heteroatoms. The third-order valence-electron chi connectivity index (χ3n) is 6.89. The number of nitrogens with zero attached hydrogens (tertiary/aromatic N) is 2. The molecule has 0 N–H and O–H groups in total. The molecule has 0 aromatic carbocycles. The maximum atomic E-state index is 6.24. The highest BCUT2D eigenvalue weighted by atomic mass is 16.5. The van der Waals surface area contributed by atoms with E-state index in [2.05, 4.69) is 50.0 Å². The highest BCUT2D eigenvalue weighted by Crippen LogP contribution is 2.39. The van der Waals surface area contributed by atoms with Gasteiger partial charge in [0.05, 0.1) is 12.2 Å². The van der Waals surface area contributed by atoms with Gasteiger partial charge in [0.15, 0.2) is 0 Å². The Labute approximate surface area is 149 Å². The monoisotopic (exact) mass is 334 g/mol. The Kier molecular flexibility index (Phi) is 5.92. The van der Waals surface area contributed by atoms with Crippen LogP contribution in [0.5, 0.6) is 0 Å². The second-order valence-electron chi connectivity index (χ2n) is 9.02. The van der Waals surface area contributed by atoms with Crippen molar-refractivity contribution in [3.63, 3.8) is 0 Å². The number of allylic oxidation sites excluding steroid dienone is 1. The second kappa shape index (κ2) is 7.78. The summed E-state index contributed by atoms with van der Waals surface area (Å²) in [5.74, 6) is 1.46. The SMILES string of the molecule is CN(C)C1CCC(/C=C/N2CCOC(C)(C)C3CCCCC32)CC1. The number of ether oxygens (including phenoxy) is 1. The van der Waals surface area contributed by atoms with Gasteiger partial charge in [-0.2, -0.15) is 0 Å². The highest BCUT2D eigenvalue weighted by molar-refractivity contribution is 5.00. The smallest absolute Gasteiger partial charge is 0.0675 e. The van der Waals surface area contributed by atoms with Crippen LogP contribution in [0.15, 0.2) is 12.3 Å². The van der Waals surface area contributed by atoms with E-state index < -0.39 is 0 Å². The quantitative estimate of drug-likeness (QED) is 0.766. The van der Waals surface area contributed by atoms with E-state index in [4.69, 9.17) is 4.74 Å². The van der Waals surface area contributed by atoms with Gasteiger partial charge in [-0.25, -0.2) is 0 Å². The van der Waals surface area contributed by atoms with Gasteiger partial charge in [0.2, 0.25) is 0 Å². The van der Waals surface area contributed by atoms with Crippen LogP contribution in [0.3, 0.4) is 0 Å². The third kappa shape index (κ3) is 4.16. The first kappa shape index (κ1) is 18.3. The van der Waals surface area contributed by atoms with Crippen molar-refractivity contribution < 1.29 is 4.74 Å². The van der Waals surface area contributed by atoms with E-state index in [1.165, 1.54) is 51.4 Å². The van der Waals surface area contributed by atoms with E-state index in [0.29, 0.717) is 12.0 Å². The zero-order valence-corrected chi connectivity index (χ0v) is 16.3. The van der Waals surface area contributed by atoms with E-state index in [1.54, 1.807) is 0 Å². The van der Waals surface area contributed by atoms with Gasteiger partial charge in [-0.05, 0) is 78.6 Å². The van der Waals surface area contributed by atoms with Crippen LogP contribution in [0.2, 0.25) is 0 Å². The molecule has 0 amide bonds. The highest BCUT2D eigenvalue weighted by Gasteiger charge is 2.42. The average Bonchev–Trinajstić information content (AvgIpc) is 2.70. The minimum Gasteiger partial charge on any atom is -0.373 e. The molecule has 2 saturated carbocycles. The molecule has 138 valence electrons. The van der Waals surface area contributed by atoms with Crippen LogP contribution in [0, 0.1) is 11.8 Å². The van der Waals surface area contributed by atoms with E-state index >= 15 is 0 Å². The van der Waals surface area contributed by atoms with Crippen LogP contribution in [0.4, 0.5) is 0 Å². The molecule has 1 aliphatic heterocycles. The summed E-state index contributed by atoms with van der Waals surface area (Å²) in [4.78, 5) is 5.04. The van der Waals surface area contributed by atoms with Crippen LogP contribution >= 0.6 is 0 Å². The predicted octanol–water partition coefficient (Wildman–Crippen LogP) is 4.29. The zero-order chi connectivity index (χ0) is 17.2. The Bertz CT molecular complexity index is 424. The second-order valence-corrected chi connectivity index (χ2v) is 9.02. The summed E-state index contributed by atoms with van der Waals surface area (Å²) >= 11 is 0. The van der Waals surface area contributed by atoms with Crippen LogP contribution in [-0.4, -0.2) is 54.7 Å². The van der Waals surface area contributed by atoms with E-state index in [0.717, 1.165) is 25.1 Å². The standard InChI is InChI=1S/C21H38N2O/c1-21(2)19-7-5-6-8-20(19)23(15-16-24-21)14-13-17-9-11-18(12-10-17)22(3)4/h13-14,17-20H,5-12,15-16H2,1-4H3/b14-13+. The summed E-state index contributed by atoms with van der Waals surface area (Å²) < 4.78 is 6.24. The van der Waals surface area contributed by atoms with Crippen molar-refractivity contribution in [2.24, 2.45) is 11.8 Å². The topological polar surface area (TPSA) is 15.7 Å². The van der Waals surface area contributed by atoms with Gasteiger partial charge in [0.25, 0.3) is 0 Å². The van der Waals surface area contributed by atoms with Crippen molar-refractivity contribution in [1.82, 2.24) is 9.80 Å². The van der Waals surface area contributed by atoms with Gasteiger partial charge in [-0.15, -0.1) is 0 Å². The third-order valence-corrected chi connectivity index (χ3v) is 6.89. The van der Waals surface area contributed by atoms with Crippen molar-refractivity contribution in [2.75, 3.05) is 27.2 Å². The first-order valence-corrected chi connectivity index (χ1v) is 10.2. The lowest BCUT2D eigenvalue weighted by molar-refractivity contribution is -0.0602. The van der Waals surface area contributed by atoms with Crippen LogP contribution < -0.4 is 0 Å². The van der Waals surface area contributed by atoms with Crippen LogP contribution in [0.25, 0.3) is 0 Å². The lowest BCUT2D eigenvalue weighted by Gasteiger charge is -2.43. The molecule has 0 radical (unpaired) electrons. The van der Waals surface area contributed by atoms with Crippen molar-refractivity contribution in [2.45, 2.75) is 82.9 Å². The molecule has 0 aromatic rings. The van der Waals surface area contributed by atoms with Crippen molar-refractivity contribution >= 4 is 0 Å². The summed E-state index contributed by atoms with van der Waals surface area (Å²) in [5, 5.41) is 0. The predicted molar refractivity (Wildman–Crippen MR) is 101 cm³/mol. The Balaban J connectivity index is 1.61. The molecule has 0 aromatic heterocycles. The lowest BCUT2D eigenvalue weighted by atomic mass is 9.75. The molecule has 3 fully saturated rings. The van der Waals surface area contributed by atoms with E-state index in [-0.39, 0.29) is 5.60 Å². The zero-order valence-electron chi connectivity index (χ0n) is 16.3. The van der Waals surface area contributed by atoms with Crippen molar-refractivity contribution in [3.05, 3.63) is 12.3 Å². The van der Waals surface area contributed by atoms with Gasteiger partial charge in [-0.3, -0.25) is 0 Å². The molecule has 2 atom stereocenters. The summed E-state index contributed by atoms with van der Waals surface area (Å²) in [7, 11) is 4.45. The maximum absolute atomic E-state index is 6.24. The van der Waals surface area contributed by atoms with Gasteiger partial charge >= 0.3 is 0 Å². The minimum absolute atomic E-state index is 0.0391. The number of hydrogen-bond donors (Lipinski definition) is 0. The molecule has 1 saturated heterocycles. The van der Waals surface area contributed by atoms with E-state index in [9.17, 15) is 0 Å². The van der Waals surface area contributed by atoms with Gasteiger partial charge in [0.1, 0.15) is 0 Å². The molecule has 0 bridgehead atoms. The molecule has 0 spiro atoms. The van der Waals surface area contributed by atoms with Gasteiger partial charge in [-0.1, -0.05) is 18.9 Å². The van der Waals surface area contributed by atoms with Crippen molar-refractivity contribution in [1.29, 1.82) is 0 Å². The fourth-order valence-corrected chi connectivity index (χ4v) is 5.23. The maximum Gasteiger partial charge on any atom is 0.0675 e. The summed E-state index contributed by atoms with van der Waals surface area (Å²) in [6, 6.07) is 1.48. The molecule has 24 heavy (non-hydrogen) atoms. The largest absolute Gasteiger partial charge is 0.373 e. The average molecular weight is 335 g/mol. The normalized spacial score (nSPS) is 37.5. The molecule has 3 nitrogen and oxygen atoms in total. The molecule has 2 unspecified atom stereocenters. The molecular formula is C21H38N2O. The molecule has 2 aliphatic carbocycles. The Hall–Kier alpha value is -0.540. The van der Waals surface area contributed by atoms with Crippen molar-refractivity contribution in [3.8, 4) is 0 Å². The Morgan fingerprint density at radius 1 is 1.00 bits per heavy atom. The minimum atomic E-state index is 0.0391. The van der Waals surface area contributed by atoms with Gasteiger partial charge < -0.3 is 14.5 Å². The van der Waals surface area contributed by atoms with E-state index in [1.807, 2.05) is 0 Å². The fraction of sp³-hybridized carbons (Fsp3) is 0.905. The summed E-state index contributed by atoms with van der Waals surface area (Å²) in [5.41, 5.74) is 0.0391.